The first-order valence-electron chi connectivity index (χ1n) is 9.92. The summed E-state index contributed by atoms with van der Waals surface area (Å²) in [6.07, 6.45) is 3.57. The SMILES string of the molecule is O=C(NCCCN1CCOCC1)C(=Cc1ccc([N+](=O)[O-])cc1)NC(=O)c1ccco1. The molecule has 2 N–H and O–H groups in total. The normalized spacial score (nSPS) is 14.8. The minimum Gasteiger partial charge on any atom is -0.459 e. The number of ether oxygens (including phenoxy) is 1. The Labute approximate surface area is 179 Å². The van der Waals surface area contributed by atoms with Crippen molar-refractivity contribution in [2.75, 3.05) is 39.4 Å². The third-order valence-electron chi connectivity index (χ3n) is 4.69. The molecule has 0 radical (unpaired) electrons. The van der Waals surface area contributed by atoms with Gasteiger partial charge in [-0.2, -0.15) is 0 Å². The van der Waals surface area contributed by atoms with Gasteiger partial charge in [0.15, 0.2) is 5.76 Å². The highest BCUT2D eigenvalue weighted by molar-refractivity contribution is 6.04. The Balaban J connectivity index is 1.64. The molecule has 1 aromatic heterocycles. The van der Waals surface area contributed by atoms with Crippen LogP contribution < -0.4 is 10.6 Å². The molecule has 0 bridgehead atoms. The lowest BCUT2D eigenvalue weighted by Gasteiger charge is -2.26. The number of rotatable bonds is 9. The van der Waals surface area contributed by atoms with E-state index in [4.69, 9.17) is 9.15 Å². The summed E-state index contributed by atoms with van der Waals surface area (Å²) in [5, 5.41) is 16.2. The fourth-order valence-corrected chi connectivity index (χ4v) is 3.03. The maximum atomic E-state index is 12.7. The fourth-order valence-electron chi connectivity index (χ4n) is 3.03. The standard InChI is InChI=1S/C21H24N4O6/c26-20(22-8-2-9-24-10-13-30-14-11-24)18(23-21(27)19-3-1-12-31-19)15-16-4-6-17(7-5-16)25(28)29/h1,3-7,12,15H,2,8-11,13-14H2,(H,22,26)(H,23,27). The van der Waals surface area contributed by atoms with Gasteiger partial charge in [0.2, 0.25) is 0 Å². The molecule has 0 atom stereocenters. The first-order chi connectivity index (χ1) is 15.0. The van der Waals surface area contributed by atoms with E-state index in [2.05, 4.69) is 15.5 Å². The molecule has 0 saturated carbocycles. The molecule has 0 aliphatic carbocycles. The second-order valence-electron chi connectivity index (χ2n) is 6.90. The van der Waals surface area contributed by atoms with E-state index in [9.17, 15) is 19.7 Å². The number of morpholine rings is 1. The van der Waals surface area contributed by atoms with Gasteiger partial charge >= 0.3 is 0 Å². The molecule has 10 heteroatoms. The van der Waals surface area contributed by atoms with Crippen molar-refractivity contribution in [3.63, 3.8) is 0 Å². The van der Waals surface area contributed by atoms with Crippen molar-refractivity contribution in [2.24, 2.45) is 0 Å². The number of hydrogen-bond acceptors (Lipinski definition) is 7. The van der Waals surface area contributed by atoms with Crippen molar-refractivity contribution in [3.05, 3.63) is 69.8 Å². The van der Waals surface area contributed by atoms with Crippen molar-refractivity contribution in [1.29, 1.82) is 0 Å². The van der Waals surface area contributed by atoms with Crippen LogP contribution in [0.4, 0.5) is 5.69 Å². The molecule has 2 amide bonds. The maximum Gasteiger partial charge on any atom is 0.291 e. The van der Waals surface area contributed by atoms with Crippen molar-refractivity contribution >= 4 is 23.6 Å². The zero-order valence-electron chi connectivity index (χ0n) is 16.9. The second kappa shape index (κ2) is 11.0. The predicted octanol–water partition coefficient (Wildman–Crippen LogP) is 1.80. The molecule has 164 valence electrons. The van der Waals surface area contributed by atoms with Gasteiger partial charge < -0.3 is 19.8 Å². The second-order valence-corrected chi connectivity index (χ2v) is 6.90. The molecule has 1 aliphatic heterocycles. The molecular formula is C21H24N4O6. The number of nitro benzene ring substituents is 1. The van der Waals surface area contributed by atoms with Gasteiger partial charge in [-0.25, -0.2) is 0 Å². The number of non-ortho nitro benzene ring substituents is 1. The number of hydrogen-bond donors (Lipinski definition) is 2. The first kappa shape index (κ1) is 22.2. The summed E-state index contributed by atoms with van der Waals surface area (Å²) in [5.41, 5.74) is 0.483. The van der Waals surface area contributed by atoms with Gasteiger partial charge in [-0.15, -0.1) is 0 Å². The van der Waals surface area contributed by atoms with Crippen LogP contribution >= 0.6 is 0 Å². The van der Waals surface area contributed by atoms with Gasteiger partial charge in [0, 0.05) is 31.8 Å². The highest BCUT2D eigenvalue weighted by Crippen LogP contribution is 2.14. The van der Waals surface area contributed by atoms with Crippen LogP contribution in [0.15, 0.2) is 52.8 Å². The van der Waals surface area contributed by atoms with Gasteiger partial charge in [-0.05, 0) is 48.9 Å². The third-order valence-corrected chi connectivity index (χ3v) is 4.69. The van der Waals surface area contributed by atoms with Crippen molar-refractivity contribution in [3.8, 4) is 0 Å². The van der Waals surface area contributed by atoms with E-state index in [1.165, 1.54) is 42.7 Å². The summed E-state index contributed by atoms with van der Waals surface area (Å²) in [5.74, 6) is -0.961. The first-order valence-corrected chi connectivity index (χ1v) is 9.92. The summed E-state index contributed by atoms with van der Waals surface area (Å²) < 4.78 is 10.4. The number of amides is 2. The fraction of sp³-hybridized carbons (Fsp3) is 0.333. The van der Waals surface area contributed by atoms with Crippen LogP contribution in [-0.4, -0.2) is 61.0 Å². The molecule has 10 nitrogen and oxygen atoms in total. The van der Waals surface area contributed by atoms with Gasteiger partial charge in [-0.1, -0.05) is 0 Å². The molecule has 31 heavy (non-hydrogen) atoms. The van der Waals surface area contributed by atoms with Crippen molar-refractivity contribution < 1.29 is 23.7 Å². The number of benzene rings is 1. The van der Waals surface area contributed by atoms with E-state index >= 15 is 0 Å². The zero-order chi connectivity index (χ0) is 22.1. The smallest absolute Gasteiger partial charge is 0.291 e. The summed E-state index contributed by atoms with van der Waals surface area (Å²) in [4.78, 5) is 37.7. The van der Waals surface area contributed by atoms with Crippen LogP contribution in [0.2, 0.25) is 0 Å². The molecular weight excluding hydrogens is 404 g/mol. The molecule has 2 heterocycles. The molecule has 3 rings (SSSR count). The van der Waals surface area contributed by atoms with Crippen molar-refractivity contribution in [1.82, 2.24) is 15.5 Å². The minimum atomic E-state index is -0.568. The minimum absolute atomic E-state index is 0.0154. The van der Waals surface area contributed by atoms with Crippen LogP contribution in [0.1, 0.15) is 22.5 Å². The molecule has 1 aromatic carbocycles. The summed E-state index contributed by atoms with van der Waals surface area (Å²) in [7, 11) is 0. The lowest BCUT2D eigenvalue weighted by molar-refractivity contribution is -0.384. The van der Waals surface area contributed by atoms with Gasteiger partial charge in [0.05, 0.1) is 24.4 Å². The quantitative estimate of drug-likeness (QED) is 0.270. The molecule has 0 spiro atoms. The molecule has 1 saturated heterocycles. The average molecular weight is 428 g/mol. The Morgan fingerprint density at radius 2 is 1.90 bits per heavy atom. The van der Waals surface area contributed by atoms with E-state index in [1.54, 1.807) is 6.07 Å². The van der Waals surface area contributed by atoms with Crippen LogP contribution in [-0.2, 0) is 9.53 Å². The molecule has 0 unspecified atom stereocenters. The lowest BCUT2D eigenvalue weighted by atomic mass is 10.1. The van der Waals surface area contributed by atoms with Gasteiger partial charge in [0.1, 0.15) is 5.70 Å². The average Bonchev–Trinajstić information content (AvgIpc) is 3.32. The number of furan rings is 1. The lowest BCUT2D eigenvalue weighted by Crippen LogP contribution is -2.39. The monoisotopic (exact) mass is 428 g/mol. The Morgan fingerprint density at radius 1 is 1.16 bits per heavy atom. The number of carbonyl (C=O) groups excluding carboxylic acids is 2. The van der Waals surface area contributed by atoms with E-state index in [0.29, 0.717) is 25.3 Å². The summed E-state index contributed by atoms with van der Waals surface area (Å²) >= 11 is 0. The van der Waals surface area contributed by atoms with E-state index in [0.717, 1.165) is 26.1 Å². The highest BCUT2D eigenvalue weighted by atomic mass is 16.6. The van der Waals surface area contributed by atoms with E-state index < -0.39 is 16.7 Å². The van der Waals surface area contributed by atoms with E-state index in [1.807, 2.05) is 0 Å². The molecule has 1 aliphatic rings. The number of carbonyl (C=O) groups is 2. The Kier molecular flexibility index (Phi) is 7.91. The molecule has 2 aromatic rings. The predicted molar refractivity (Wildman–Crippen MR) is 112 cm³/mol. The highest BCUT2D eigenvalue weighted by Gasteiger charge is 2.17. The summed E-state index contributed by atoms with van der Waals surface area (Å²) in [6.45, 7) is 4.45. The van der Waals surface area contributed by atoms with Crippen LogP contribution in [0.5, 0.6) is 0 Å². The van der Waals surface area contributed by atoms with Gasteiger partial charge in [0.25, 0.3) is 17.5 Å². The molecule has 1 fully saturated rings. The Bertz CT molecular complexity index is 918. The third kappa shape index (κ3) is 6.76. The Hall–Kier alpha value is -3.50. The van der Waals surface area contributed by atoms with Crippen LogP contribution in [0.3, 0.4) is 0 Å². The maximum absolute atomic E-state index is 12.7. The van der Waals surface area contributed by atoms with Crippen molar-refractivity contribution in [2.45, 2.75) is 6.42 Å². The Morgan fingerprint density at radius 3 is 2.55 bits per heavy atom. The number of nitro groups is 1. The van der Waals surface area contributed by atoms with Crippen LogP contribution in [0, 0.1) is 10.1 Å². The summed E-state index contributed by atoms with van der Waals surface area (Å²) in [6, 6.07) is 8.72. The number of nitrogens with one attached hydrogen (secondary N) is 2. The zero-order valence-corrected chi connectivity index (χ0v) is 16.9. The number of nitrogens with zero attached hydrogens (tertiary/aromatic N) is 2. The largest absolute Gasteiger partial charge is 0.459 e. The van der Waals surface area contributed by atoms with Gasteiger partial charge in [-0.3, -0.25) is 24.6 Å². The topological polar surface area (TPSA) is 127 Å². The van der Waals surface area contributed by atoms with E-state index in [-0.39, 0.29) is 17.1 Å². The van der Waals surface area contributed by atoms with Crippen LogP contribution in [0.25, 0.3) is 6.08 Å².